The fourth-order valence-electron chi connectivity index (χ4n) is 2.73. The zero-order chi connectivity index (χ0) is 18.0. The Bertz CT molecular complexity index is 865. The van der Waals surface area contributed by atoms with Crippen LogP contribution in [0.15, 0.2) is 42.5 Å². The fraction of sp³-hybridized carbons (Fsp3) is 0.176. The molecule has 2 aromatic carbocycles. The van der Waals surface area contributed by atoms with Gasteiger partial charge in [0.25, 0.3) is 5.91 Å². The highest BCUT2D eigenvalue weighted by Crippen LogP contribution is 2.31. The number of nitro groups is 1. The summed E-state index contributed by atoms with van der Waals surface area (Å²) in [6.07, 6.45) is 1.23. The Hall–Kier alpha value is -3.42. The number of carbonyl (C=O) groups excluding carboxylic acids is 2. The number of nitro benzene ring substituents is 1. The van der Waals surface area contributed by atoms with Gasteiger partial charge in [0.15, 0.2) is 5.75 Å². The molecule has 8 nitrogen and oxygen atoms in total. The van der Waals surface area contributed by atoms with Crippen molar-refractivity contribution in [3.8, 4) is 5.75 Å². The van der Waals surface area contributed by atoms with Gasteiger partial charge in [-0.3, -0.25) is 19.7 Å². The Labute approximate surface area is 142 Å². The molecule has 0 unspecified atom stereocenters. The van der Waals surface area contributed by atoms with Gasteiger partial charge in [0.1, 0.15) is 0 Å². The molecule has 1 aliphatic heterocycles. The van der Waals surface area contributed by atoms with Crippen LogP contribution >= 0.6 is 0 Å². The zero-order valence-corrected chi connectivity index (χ0v) is 13.1. The molecule has 0 aromatic heterocycles. The molecule has 3 rings (SSSR count). The number of nitrogens with zero attached hydrogens (tertiary/aromatic N) is 2. The van der Waals surface area contributed by atoms with Gasteiger partial charge in [-0.2, -0.15) is 0 Å². The van der Waals surface area contributed by atoms with Crippen LogP contribution in [-0.4, -0.2) is 28.4 Å². The second kappa shape index (κ2) is 6.60. The maximum Gasteiger partial charge on any atom is 0.310 e. The lowest BCUT2D eigenvalue weighted by molar-refractivity contribution is -0.385. The molecule has 128 valence electrons. The lowest BCUT2D eigenvalue weighted by Gasteiger charge is -2.20. The number of carbonyl (C=O) groups is 2. The third-order valence-electron chi connectivity index (χ3n) is 3.95. The predicted molar refractivity (Wildman–Crippen MR) is 90.7 cm³/mol. The van der Waals surface area contributed by atoms with E-state index in [9.17, 15) is 24.8 Å². The number of aromatic hydroxyl groups is 1. The van der Waals surface area contributed by atoms with Crippen molar-refractivity contribution in [2.24, 2.45) is 0 Å². The van der Waals surface area contributed by atoms with Crippen LogP contribution in [0.2, 0.25) is 0 Å². The van der Waals surface area contributed by atoms with Crippen LogP contribution in [0, 0.1) is 10.1 Å². The number of rotatable bonds is 4. The van der Waals surface area contributed by atoms with E-state index in [0.29, 0.717) is 24.3 Å². The van der Waals surface area contributed by atoms with Crippen molar-refractivity contribution in [2.45, 2.75) is 12.8 Å². The van der Waals surface area contributed by atoms with Crippen LogP contribution < -0.4 is 10.2 Å². The second-order valence-corrected chi connectivity index (χ2v) is 5.58. The summed E-state index contributed by atoms with van der Waals surface area (Å²) >= 11 is 0. The average molecular weight is 341 g/mol. The molecule has 0 atom stereocenters. The number of nitrogens with one attached hydrogen (secondary N) is 1. The molecule has 2 aromatic rings. The van der Waals surface area contributed by atoms with E-state index in [-0.39, 0.29) is 11.5 Å². The van der Waals surface area contributed by atoms with Crippen molar-refractivity contribution in [3.05, 3.63) is 58.1 Å². The quantitative estimate of drug-likeness (QED) is 0.656. The standard InChI is InChI=1S/C17H15N3O5/c21-15-10-11(7-8-14(15)20(24)25)17(23)18-12-4-1-2-5-13(12)19-9-3-6-16(19)22/h1-2,4-5,7-8,10,21H,3,6,9H2,(H,18,23). The molecule has 1 aliphatic rings. The van der Waals surface area contributed by atoms with Gasteiger partial charge in [0, 0.05) is 24.6 Å². The van der Waals surface area contributed by atoms with Crippen LogP contribution in [0.3, 0.4) is 0 Å². The summed E-state index contributed by atoms with van der Waals surface area (Å²) in [6, 6.07) is 10.3. The summed E-state index contributed by atoms with van der Waals surface area (Å²) in [5, 5.41) is 23.1. The minimum Gasteiger partial charge on any atom is -0.502 e. The van der Waals surface area contributed by atoms with E-state index in [4.69, 9.17) is 0 Å². The molecule has 8 heteroatoms. The number of para-hydroxylation sites is 2. The van der Waals surface area contributed by atoms with Crippen molar-refractivity contribution < 1.29 is 19.6 Å². The van der Waals surface area contributed by atoms with Gasteiger partial charge in [-0.1, -0.05) is 12.1 Å². The Morgan fingerprint density at radius 3 is 2.64 bits per heavy atom. The van der Waals surface area contributed by atoms with E-state index in [1.807, 2.05) is 0 Å². The largest absolute Gasteiger partial charge is 0.502 e. The zero-order valence-electron chi connectivity index (χ0n) is 13.1. The Morgan fingerprint density at radius 1 is 1.24 bits per heavy atom. The maximum atomic E-state index is 12.4. The van der Waals surface area contributed by atoms with Crippen molar-refractivity contribution >= 4 is 28.9 Å². The first-order valence-corrected chi connectivity index (χ1v) is 7.65. The maximum absolute atomic E-state index is 12.4. The molecule has 0 bridgehead atoms. The number of phenolic OH excluding ortho intramolecular Hbond substituents is 1. The van der Waals surface area contributed by atoms with E-state index < -0.39 is 22.3 Å². The number of phenols is 1. The van der Waals surface area contributed by atoms with Crippen LogP contribution in [0.4, 0.5) is 17.1 Å². The van der Waals surface area contributed by atoms with Crippen molar-refractivity contribution in [1.29, 1.82) is 0 Å². The van der Waals surface area contributed by atoms with Crippen molar-refractivity contribution in [1.82, 2.24) is 0 Å². The molecule has 1 heterocycles. The topological polar surface area (TPSA) is 113 Å². The van der Waals surface area contributed by atoms with E-state index in [0.717, 1.165) is 18.6 Å². The van der Waals surface area contributed by atoms with Crippen molar-refractivity contribution in [2.75, 3.05) is 16.8 Å². The molecule has 2 N–H and O–H groups in total. The number of amides is 2. The van der Waals surface area contributed by atoms with Crippen LogP contribution in [0.5, 0.6) is 5.75 Å². The fourth-order valence-corrected chi connectivity index (χ4v) is 2.73. The van der Waals surface area contributed by atoms with Gasteiger partial charge in [-0.15, -0.1) is 0 Å². The van der Waals surface area contributed by atoms with E-state index in [2.05, 4.69) is 5.32 Å². The summed E-state index contributed by atoms with van der Waals surface area (Å²) in [4.78, 5) is 36.0. The van der Waals surface area contributed by atoms with E-state index in [1.54, 1.807) is 29.2 Å². The number of benzene rings is 2. The highest BCUT2D eigenvalue weighted by molar-refractivity contribution is 6.08. The minimum atomic E-state index is -0.731. The summed E-state index contributed by atoms with van der Waals surface area (Å²) in [5.74, 6) is -1.13. The van der Waals surface area contributed by atoms with Crippen LogP contribution in [0.1, 0.15) is 23.2 Å². The first-order chi connectivity index (χ1) is 12.0. The highest BCUT2D eigenvalue weighted by atomic mass is 16.6. The van der Waals surface area contributed by atoms with Gasteiger partial charge < -0.3 is 15.3 Å². The third-order valence-corrected chi connectivity index (χ3v) is 3.95. The van der Waals surface area contributed by atoms with Crippen LogP contribution in [-0.2, 0) is 4.79 Å². The molecule has 2 amide bonds. The Balaban J connectivity index is 1.85. The van der Waals surface area contributed by atoms with E-state index >= 15 is 0 Å². The van der Waals surface area contributed by atoms with Crippen LogP contribution in [0.25, 0.3) is 0 Å². The molecular weight excluding hydrogens is 326 g/mol. The molecule has 25 heavy (non-hydrogen) atoms. The summed E-state index contributed by atoms with van der Waals surface area (Å²) < 4.78 is 0. The second-order valence-electron chi connectivity index (χ2n) is 5.58. The lowest BCUT2D eigenvalue weighted by Crippen LogP contribution is -2.25. The van der Waals surface area contributed by atoms with Crippen molar-refractivity contribution in [3.63, 3.8) is 0 Å². The van der Waals surface area contributed by atoms with Gasteiger partial charge in [0.2, 0.25) is 5.91 Å². The molecular formula is C17H15N3O5. The monoisotopic (exact) mass is 341 g/mol. The third kappa shape index (κ3) is 3.27. The first kappa shape index (κ1) is 16.4. The Morgan fingerprint density at radius 2 is 2.00 bits per heavy atom. The Kier molecular flexibility index (Phi) is 4.34. The summed E-state index contributed by atoms with van der Waals surface area (Å²) in [7, 11) is 0. The first-order valence-electron chi connectivity index (χ1n) is 7.65. The smallest absolute Gasteiger partial charge is 0.310 e. The van der Waals surface area contributed by atoms with Gasteiger partial charge >= 0.3 is 5.69 Å². The average Bonchev–Trinajstić information content (AvgIpc) is 3.00. The molecule has 1 saturated heterocycles. The van der Waals surface area contributed by atoms with Gasteiger partial charge in [-0.05, 0) is 30.7 Å². The SMILES string of the molecule is O=C(Nc1ccccc1N1CCCC1=O)c1ccc([N+](=O)[O-])c(O)c1. The normalized spacial score (nSPS) is 13.8. The van der Waals surface area contributed by atoms with Gasteiger partial charge in [-0.25, -0.2) is 0 Å². The summed E-state index contributed by atoms with van der Waals surface area (Å²) in [6.45, 7) is 0.587. The molecule has 0 aliphatic carbocycles. The molecule has 0 saturated carbocycles. The lowest BCUT2D eigenvalue weighted by atomic mass is 10.1. The predicted octanol–water partition coefficient (Wildman–Crippen LogP) is 2.68. The van der Waals surface area contributed by atoms with Gasteiger partial charge in [0.05, 0.1) is 16.3 Å². The number of anilines is 2. The van der Waals surface area contributed by atoms with E-state index in [1.165, 1.54) is 6.07 Å². The minimum absolute atomic E-state index is 0.00493. The molecule has 0 spiro atoms. The number of hydrogen-bond donors (Lipinski definition) is 2. The number of hydrogen-bond acceptors (Lipinski definition) is 5. The summed E-state index contributed by atoms with van der Waals surface area (Å²) in [5.41, 5.74) is 0.662. The molecule has 1 fully saturated rings. The highest BCUT2D eigenvalue weighted by Gasteiger charge is 2.24. The molecule has 0 radical (unpaired) electrons.